The van der Waals surface area contributed by atoms with E-state index in [4.69, 9.17) is 4.74 Å². The van der Waals surface area contributed by atoms with Crippen molar-refractivity contribution in [3.63, 3.8) is 0 Å². The second-order valence-corrected chi connectivity index (χ2v) is 6.47. The lowest BCUT2D eigenvalue weighted by Gasteiger charge is -2.18. The number of pyridine rings is 1. The molecule has 0 bridgehead atoms. The van der Waals surface area contributed by atoms with E-state index in [-0.39, 0.29) is 17.7 Å². The van der Waals surface area contributed by atoms with E-state index in [0.29, 0.717) is 23.7 Å². The average Bonchev–Trinajstić information content (AvgIpc) is 3.48. The van der Waals surface area contributed by atoms with Crippen molar-refractivity contribution in [3.8, 4) is 5.75 Å². The number of anilines is 2. The number of hydrogen-bond acceptors (Lipinski definition) is 4. The van der Waals surface area contributed by atoms with Crippen LogP contribution in [-0.2, 0) is 9.59 Å². The van der Waals surface area contributed by atoms with E-state index in [2.05, 4.69) is 15.6 Å². The molecule has 1 heterocycles. The Morgan fingerprint density at radius 3 is 2.58 bits per heavy atom. The molecule has 0 spiro atoms. The van der Waals surface area contributed by atoms with E-state index in [9.17, 15) is 9.59 Å². The molecule has 3 rings (SSSR count). The van der Waals surface area contributed by atoms with E-state index in [1.165, 1.54) is 6.20 Å². The van der Waals surface area contributed by atoms with Crippen molar-refractivity contribution in [2.75, 3.05) is 10.6 Å². The third-order valence-electron chi connectivity index (χ3n) is 4.26. The van der Waals surface area contributed by atoms with Crippen molar-refractivity contribution in [1.82, 2.24) is 4.98 Å². The molecule has 6 nitrogen and oxygen atoms in total. The summed E-state index contributed by atoms with van der Waals surface area (Å²) in [5.74, 6) is 1.09. The molecule has 2 aromatic rings. The lowest BCUT2D eigenvalue weighted by atomic mass is 10.2. The monoisotopic (exact) mass is 353 g/mol. The Morgan fingerprint density at radius 2 is 1.96 bits per heavy atom. The Bertz CT molecular complexity index is 785. The molecule has 1 saturated carbocycles. The average molecular weight is 353 g/mol. The molecule has 1 fully saturated rings. The van der Waals surface area contributed by atoms with E-state index in [1.54, 1.807) is 12.1 Å². The largest absolute Gasteiger partial charge is 0.480 e. The molecule has 0 radical (unpaired) electrons. The highest BCUT2D eigenvalue weighted by Crippen LogP contribution is 2.30. The van der Waals surface area contributed by atoms with Crippen LogP contribution in [0.4, 0.5) is 11.5 Å². The van der Waals surface area contributed by atoms with Crippen LogP contribution in [0.3, 0.4) is 0 Å². The van der Waals surface area contributed by atoms with Crippen molar-refractivity contribution in [1.29, 1.82) is 0 Å². The van der Waals surface area contributed by atoms with Gasteiger partial charge < -0.3 is 15.4 Å². The van der Waals surface area contributed by atoms with E-state index in [0.717, 1.165) is 18.4 Å². The Balaban J connectivity index is 1.58. The fourth-order valence-corrected chi connectivity index (χ4v) is 2.50. The highest BCUT2D eigenvalue weighted by Gasteiger charge is 2.29. The minimum atomic E-state index is -0.592. The van der Waals surface area contributed by atoms with Crippen molar-refractivity contribution in [3.05, 3.63) is 48.2 Å². The number of aromatic nitrogens is 1. The third-order valence-corrected chi connectivity index (χ3v) is 4.26. The quantitative estimate of drug-likeness (QED) is 0.798. The number of para-hydroxylation sites is 1. The highest BCUT2D eigenvalue weighted by molar-refractivity contribution is 5.95. The first kappa shape index (κ1) is 17.9. The van der Waals surface area contributed by atoms with Crippen LogP contribution >= 0.6 is 0 Å². The third kappa shape index (κ3) is 4.59. The molecule has 2 N–H and O–H groups in total. The topological polar surface area (TPSA) is 80.3 Å². The zero-order valence-electron chi connectivity index (χ0n) is 15.0. The van der Waals surface area contributed by atoms with Gasteiger partial charge in [-0.1, -0.05) is 25.1 Å². The number of nitrogens with one attached hydrogen (secondary N) is 2. The van der Waals surface area contributed by atoms with E-state index < -0.39 is 6.10 Å². The number of carbonyl (C=O) groups is 2. The summed E-state index contributed by atoms with van der Waals surface area (Å²) in [5, 5.41) is 5.58. The maximum Gasteiger partial charge on any atom is 0.265 e. The summed E-state index contributed by atoms with van der Waals surface area (Å²) in [6.07, 6.45) is 3.37. The minimum Gasteiger partial charge on any atom is -0.480 e. The molecule has 1 aromatic carbocycles. The van der Waals surface area contributed by atoms with Gasteiger partial charge in [0.15, 0.2) is 6.10 Å². The molecule has 1 aliphatic rings. The number of benzene rings is 1. The number of nitrogens with zero attached hydrogens (tertiary/aromatic N) is 1. The molecule has 1 aliphatic carbocycles. The molecule has 136 valence electrons. The Morgan fingerprint density at radius 1 is 1.19 bits per heavy atom. The SMILES string of the molecule is CCC(Oc1ccccc1C)C(=O)Nc1ccc(NC(=O)C2CC2)nc1. The maximum absolute atomic E-state index is 12.5. The summed E-state index contributed by atoms with van der Waals surface area (Å²) < 4.78 is 5.85. The predicted molar refractivity (Wildman–Crippen MR) is 100 cm³/mol. The molecule has 1 unspecified atom stereocenters. The summed E-state index contributed by atoms with van der Waals surface area (Å²) in [4.78, 5) is 28.4. The fraction of sp³-hybridized carbons (Fsp3) is 0.350. The van der Waals surface area contributed by atoms with Gasteiger partial charge in [-0.3, -0.25) is 9.59 Å². The number of carbonyl (C=O) groups excluding carboxylic acids is 2. The second-order valence-electron chi connectivity index (χ2n) is 6.47. The summed E-state index contributed by atoms with van der Waals surface area (Å²) >= 11 is 0. The van der Waals surface area contributed by atoms with Gasteiger partial charge in [-0.15, -0.1) is 0 Å². The van der Waals surface area contributed by atoms with Gasteiger partial charge in [0.1, 0.15) is 11.6 Å². The maximum atomic E-state index is 12.5. The zero-order chi connectivity index (χ0) is 18.5. The summed E-state index contributed by atoms with van der Waals surface area (Å²) in [6, 6.07) is 11.0. The molecule has 1 atom stereocenters. The van der Waals surface area contributed by atoms with Crippen LogP contribution in [0.25, 0.3) is 0 Å². The Kier molecular flexibility index (Phi) is 5.51. The zero-order valence-corrected chi connectivity index (χ0v) is 15.0. The molecule has 6 heteroatoms. The number of amides is 2. The second kappa shape index (κ2) is 7.99. The van der Waals surface area contributed by atoms with Crippen molar-refractivity contribution in [2.24, 2.45) is 5.92 Å². The molecule has 26 heavy (non-hydrogen) atoms. The van der Waals surface area contributed by atoms with Gasteiger partial charge in [0.25, 0.3) is 5.91 Å². The lowest BCUT2D eigenvalue weighted by Crippen LogP contribution is -2.32. The van der Waals surface area contributed by atoms with Gasteiger partial charge in [-0.25, -0.2) is 4.98 Å². The Labute approximate surface area is 153 Å². The molecular weight excluding hydrogens is 330 g/mol. The summed E-state index contributed by atoms with van der Waals surface area (Å²) in [5.41, 5.74) is 1.54. The van der Waals surface area contributed by atoms with Gasteiger partial charge in [-0.05, 0) is 49.9 Å². The molecule has 0 saturated heterocycles. The fourth-order valence-electron chi connectivity index (χ4n) is 2.50. The predicted octanol–water partition coefficient (Wildman–Crippen LogP) is 3.53. The van der Waals surface area contributed by atoms with Crippen molar-refractivity contribution < 1.29 is 14.3 Å². The first-order valence-electron chi connectivity index (χ1n) is 8.87. The first-order valence-corrected chi connectivity index (χ1v) is 8.87. The van der Waals surface area contributed by atoms with E-state index in [1.807, 2.05) is 38.1 Å². The van der Waals surface area contributed by atoms with Gasteiger partial charge >= 0.3 is 0 Å². The van der Waals surface area contributed by atoms with E-state index >= 15 is 0 Å². The van der Waals surface area contributed by atoms with Gasteiger partial charge in [0, 0.05) is 5.92 Å². The van der Waals surface area contributed by atoms with Crippen LogP contribution < -0.4 is 15.4 Å². The summed E-state index contributed by atoms with van der Waals surface area (Å²) in [6.45, 7) is 3.84. The number of hydrogen-bond donors (Lipinski definition) is 2. The Hall–Kier alpha value is -2.89. The smallest absolute Gasteiger partial charge is 0.265 e. The van der Waals surface area contributed by atoms with Gasteiger partial charge in [0.2, 0.25) is 5.91 Å². The molecule has 0 aliphatic heterocycles. The molecular formula is C20H23N3O3. The van der Waals surface area contributed by atoms with Crippen LogP contribution in [0.5, 0.6) is 5.75 Å². The molecule has 1 aromatic heterocycles. The first-order chi connectivity index (χ1) is 12.6. The van der Waals surface area contributed by atoms with Crippen LogP contribution in [0.1, 0.15) is 31.7 Å². The van der Waals surface area contributed by atoms with Crippen LogP contribution in [-0.4, -0.2) is 22.9 Å². The number of rotatable bonds is 7. The van der Waals surface area contributed by atoms with Gasteiger partial charge in [0.05, 0.1) is 11.9 Å². The summed E-state index contributed by atoms with van der Waals surface area (Å²) in [7, 11) is 0. The van der Waals surface area contributed by atoms with Gasteiger partial charge in [-0.2, -0.15) is 0 Å². The van der Waals surface area contributed by atoms with Crippen LogP contribution in [0.2, 0.25) is 0 Å². The molecule has 2 amide bonds. The number of ether oxygens (including phenoxy) is 1. The minimum absolute atomic E-state index is 0.00645. The van der Waals surface area contributed by atoms with Crippen LogP contribution in [0, 0.1) is 12.8 Å². The van der Waals surface area contributed by atoms with Crippen LogP contribution in [0.15, 0.2) is 42.6 Å². The standard InChI is InChI=1S/C20H23N3O3/c1-3-16(26-17-7-5-4-6-13(17)2)20(25)22-15-10-11-18(21-12-15)23-19(24)14-8-9-14/h4-7,10-12,14,16H,3,8-9H2,1-2H3,(H,22,25)(H,21,23,24). The highest BCUT2D eigenvalue weighted by atomic mass is 16.5. The number of aryl methyl sites for hydroxylation is 1. The van der Waals surface area contributed by atoms with Crippen molar-refractivity contribution in [2.45, 2.75) is 39.2 Å². The lowest BCUT2D eigenvalue weighted by molar-refractivity contribution is -0.123. The normalized spacial score (nSPS) is 14.4. The van der Waals surface area contributed by atoms with Crippen molar-refractivity contribution >= 4 is 23.3 Å².